The van der Waals surface area contributed by atoms with E-state index in [0.717, 1.165) is 4.90 Å². The standard InChI is InChI=1S/C8H8N4O4/c9-1-2-10-7(15)8(16)12-3-5(13)11-6(14)4-12/h2-4H2,(H,10,15)(H,11,13,14). The molecule has 1 rings (SSSR count). The number of imide groups is 1. The summed E-state index contributed by atoms with van der Waals surface area (Å²) in [4.78, 5) is 45.1. The summed E-state index contributed by atoms with van der Waals surface area (Å²) in [5.74, 6) is -3.29. The van der Waals surface area contributed by atoms with E-state index in [1.807, 2.05) is 10.6 Å². The van der Waals surface area contributed by atoms with Gasteiger partial charge < -0.3 is 10.2 Å². The number of amides is 4. The number of nitrogens with one attached hydrogen (secondary N) is 2. The third-order valence-corrected chi connectivity index (χ3v) is 1.76. The van der Waals surface area contributed by atoms with Crippen LogP contribution in [-0.4, -0.2) is 48.2 Å². The summed E-state index contributed by atoms with van der Waals surface area (Å²) < 4.78 is 0. The molecule has 0 bridgehead atoms. The second-order valence-electron chi connectivity index (χ2n) is 2.97. The molecule has 0 radical (unpaired) electrons. The fraction of sp³-hybridized carbons (Fsp3) is 0.375. The van der Waals surface area contributed by atoms with E-state index in [-0.39, 0.29) is 19.6 Å². The molecule has 1 saturated heterocycles. The van der Waals surface area contributed by atoms with Crippen molar-refractivity contribution in [3.63, 3.8) is 0 Å². The number of nitrogens with zero attached hydrogens (tertiary/aromatic N) is 2. The lowest BCUT2D eigenvalue weighted by Crippen LogP contribution is -2.56. The number of nitriles is 1. The van der Waals surface area contributed by atoms with E-state index in [1.165, 1.54) is 0 Å². The van der Waals surface area contributed by atoms with E-state index in [1.54, 1.807) is 6.07 Å². The van der Waals surface area contributed by atoms with Crippen LogP contribution in [0.5, 0.6) is 0 Å². The predicted molar refractivity (Wildman–Crippen MR) is 48.4 cm³/mol. The summed E-state index contributed by atoms with van der Waals surface area (Å²) in [6.45, 7) is -0.992. The second kappa shape index (κ2) is 4.88. The van der Waals surface area contributed by atoms with Gasteiger partial charge in [-0.05, 0) is 0 Å². The van der Waals surface area contributed by atoms with Crippen LogP contribution in [-0.2, 0) is 19.2 Å². The highest BCUT2D eigenvalue weighted by Gasteiger charge is 2.29. The van der Waals surface area contributed by atoms with Gasteiger partial charge in [0.15, 0.2) is 0 Å². The van der Waals surface area contributed by atoms with Crippen LogP contribution in [0.4, 0.5) is 0 Å². The molecule has 1 aliphatic rings. The molecule has 0 saturated carbocycles. The van der Waals surface area contributed by atoms with Gasteiger partial charge in [-0.25, -0.2) is 0 Å². The summed E-state index contributed by atoms with van der Waals surface area (Å²) >= 11 is 0. The van der Waals surface area contributed by atoms with Crippen LogP contribution in [0, 0.1) is 11.3 Å². The topological polar surface area (TPSA) is 119 Å². The lowest BCUT2D eigenvalue weighted by Gasteiger charge is -2.24. The summed E-state index contributed by atoms with van der Waals surface area (Å²) in [5.41, 5.74) is 0. The molecular formula is C8H8N4O4. The van der Waals surface area contributed by atoms with E-state index in [9.17, 15) is 19.2 Å². The van der Waals surface area contributed by atoms with Gasteiger partial charge in [-0.15, -0.1) is 0 Å². The van der Waals surface area contributed by atoms with Crippen molar-refractivity contribution in [1.82, 2.24) is 15.5 Å². The zero-order valence-electron chi connectivity index (χ0n) is 8.15. The van der Waals surface area contributed by atoms with Crippen molar-refractivity contribution in [2.75, 3.05) is 19.6 Å². The molecule has 8 heteroatoms. The van der Waals surface area contributed by atoms with Crippen molar-refractivity contribution in [2.45, 2.75) is 0 Å². The minimum Gasteiger partial charge on any atom is -0.335 e. The normalized spacial score (nSPS) is 15.1. The smallest absolute Gasteiger partial charge is 0.312 e. The lowest BCUT2D eigenvalue weighted by atomic mass is 10.3. The van der Waals surface area contributed by atoms with Crippen molar-refractivity contribution in [3.8, 4) is 6.07 Å². The zero-order valence-corrected chi connectivity index (χ0v) is 8.15. The SMILES string of the molecule is N#CCNC(=O)C(=O)N1CC(=O)NC(=O)C1. The van der Waals surface area contributed by atoms with Gasteiger partial charge in [0.1, 0.15) is 19.6 Å². The highest BCUT2D eigenvalue weighted by molar-refractivity contribution is 6.35. The maximum absolute atomic E-state index is 11.4. The highest BCUT2D eigenvalue weighted by Crippen LogP contribution is 1.95. The number of rotatable bonds is 1. The van der Waals surface area contributed by atoms with E-state index in [2.05, 4.69) is 0 Å². The molecule has 0 spiro atoms. The fourth-order valence-corrected chi connectivity index (χ4v) is 1.12. The highest BCUT2D eigenvalue weighted by atomic mass is 16.2. The number of piperazine rings is 1. The van der Waals surface area contributed by atoms with Crippen molar-refractivity contribution in [2.24, 2.45) is 0 Å². The van der Waals surface area contributed by atoms with Crippen molar-refractivity contribution < 1.29 is 19.2 Å². The van der Waals surface area contributed by atoms with Gasteiger partial charge in [0.2, 0.25) is 11.8 Å². The lowest BCUT2D eigenvalue weighted by molar-refractivity contribution is -0.151. The molecule has 1 aliphatic heterocycles. The fourth-order valence-electron chi connectivity index (χ4n) is 1.12. The van der Waals surface area contributed by atoms with Gasteiger partial charge in [0, 0.05) is 0 Å². The molecule has 16 heavy (non-hydrogen) atoms. The molecule has 0 aliphatic carbocycles. The third kappa shape index (κ3) is 2.78. The Kier molecular flexibility index (Phi) is 3.55. The van der Waals surface area contributed by atoms with E-state index >= 15 is 0 Å². The van der Waals surface area contributed by atoms with E-state index in [4.69, 9.17) is 5.26 Å². The molecule has 1 fully saturated rings. The Morgan fingerprint density at radius 1 is 1.38 bits per heavy atom. The van der Waals surface area contributed by atoms with Gasteiger partial charge in [-0.2, -0.15) is 5.26 Å². The molecule has 0 unspecified atom stereocenters. The van der Waals surface area contributed by atoms with Crippen molar-refractivity contribution in [1.29, 1.82) is 5.26 Å². The van der Waals surface area contributed by atoms with Crippen molar-refractivity contribution >= 4 is 23.6 Å². The van der Waals surface area contributed by atoms with Crippen LogP contribution < -0.4 is 10.6 Å². The average Bonchev–Trinajstić information content (AvgIpc) is 2.23. The van der Waals surface area contributed by atoms with Gasteiger partial charge in [-0.1, -0.05) is 0 Å². The zero-order chi connectivity index (χ0) is 12.1. The predicted octanol–water partition coefficient (Wildman–Crippen LogP) is -2.89. The van der Waals surface area contributed by atoms with Gasteiger partial charge in [0.25, 0.3) is 0 Å². The summed E-state index contributed by atoms with van der Waals surface area (Å²) in [6.07, 6.45) is 0. The molecule has 2 N–H and O–H groups in total. The van der Waals surface area contributed by atoms with Crippen LogP contribution in [0.1, 0.15) is 0 Å². The number of hydrogen-bond donors (Lipinski definition) is 2. The van der Waals surface area contributed by atoms with E-state index < -0.39 is 23.6 Å². The number of carbonyl (C=O) groups is 4. The van der Waals surface area contributed by atoms with Crippen LogP contribution in [0.2, 0.25) is 0 Å². The Balaban J connectivity index is 2.60. The summed E-state index contributed by atoms with van der Waals surface area (Å²) in [7, 11) is 0. The largest absolute Gasteiger partial charge is 0.335 e. The minimum absolute atomic E-state index is 0.307. The maximum Gasteiger partial charge on any atom is 0.312 e. The first kappa shape index (κ1) is 11.6. The Morgan fingerprint density at radius 2 is 1.94 bits per heavy atom. The molecule has 4 amide bonds. The van der Waals surface area contributed by atoms with E-state index in [0.29, 0.717) is 0 Å². The molecule has 0 atom stereocenters. The third-order valence-electron chi connectivity index (χ3n) is 1.76. The second-order valence-corrected chi connectivity index (χ2v) is 2.97. The quantitative estimate of drug-likeness (QED) is 0.281. The van der Waals surface area contributed by atoms with Crippen molar-refractivity contribution in [3.05, 3.63) is 0 Å². The molecule has 1 heterocycles. The van der Waals surface area contributed by atoms with Gasteiger partial charge >= 0.3 is 11.8 Å². The number of hydrogen-bond acceptors (Lipinski definition) is 5. The molecule has 8 nitrogen and oxygen atoms in total. The van der Waals surface area contributed by atoms with Crippen LogP contribution >= 0.6 is 0 Å². The van der Waals surface area contributed by atoms with Crippen LogP contribution in [0.3, 0.4) is 0 Å². The molecule has 0 aromatic heterocycles. The average molecular weight is 224 g/mol. The van der Waals surface area contributed by atoms with Gasteiger partial charge in [0.05, 0.1) is 6.07 Å². The molecular weight excluding hydrogens is 216 g/mol. The van der Waals surface area contributed by atoms with Crippen LogP contribution in [0.15, 0.2) is 0 Å². The molecule has 84 valence electrons. The Bertz CT molecular complexity index is 381. The summed E-state index contributed by atoms with van der Waals surface area (Å²) in [6, 6.07) is 1.63. The number of carbonyl (C=O) groups excluding carboxylic acids is 4. The monoisotopic (exact) mass is 224 g/mol. The molecule has 0 aromatic carbocycles. The Labute approximate surface area is 90.2 Å². The first-order chi connectivity index (χ1) is 7.54. The first-order valence-electron chi connectivity index (χ1n) is 4.31. The first-order valence-corrected chi connectivity index (χ1v) is 4.31. The summed E-state index contributed by atoms with van der Waals surface area (Å²) in [5, 5.41) is 12.2. The van der Waals surface area contributed by atoms with Gasteiger partial charge in [-0.3, -0.25) is 24.5 Å². The Hall–Kier alpha value is -2.43. The van der Waals surface area contributed by atoms with Crippen LogP contribution in [0.25, 0.3) is 0 Å². The minimum atomic E-state index is -1.01. The maximum atomic E-state index is 11.4. The molecule has 0 aromatic rings. The Morgan fingerprint density at radius 3 is 2.44 bits per heavy atom.